The minimum absolute atomic E-state index is 0.106. The van der Waals surface area contributed by atoms with Crippen LogP contribution in [0.3, 0.4) is 0 Å². The number of unbranched alkanes of at least 4 members (excludes halogenated alkanes) is 15. The van der Waals surface area contributed by atoms with Crippen LogP contribution in [0.1, 0.15) is 129 Å². The maximum absolute atomic E-state index is 11.5. The molecule has 1 saturated carbocycles. The van der Waals surface area contributed by atoms with Gasteiger partial charge in [0.15, 0.2) is 5.72 Å². The van der Waals surface area contributed by atoms with E-state index in [0.29, 0.717) is 6.42 Å². The molecule has 25 heavy (non-hydrogen) atoms. The Bertz CT molecular complexity index is 326. The summed E-state index contributed by atoms with van der Waals surface area (Å²) >= 11 is 0. The Kier molecular flexibility index (Phi) is 13.1. The molecule has 1 fully saturated rings. The molecule has 3 nitrogen and oxygen atoms in total. The molecule has 0 aliphatic heterocycles. The molecule has 0 amide bonds. The zero-order valence-electron chi connectivity index (χ0n) is 16.8. The van der Waals surface area contributed by atoms with E-state index in [4.69, 9.17) is 10.5 Å². The first-order valence-corrected chi connectivity index (χ1v) is 11.2. The molecule has 1 aliphatic carbocycles. The van der Waals surface area contributed by atoms with Gasteiger partial charge in [-0.3, -0.25) is 10.5 Å². The van der Waals surface area contributed by atoms with E-state index in [-0.39, 0.29) is 5.97 Å². The third kappa shape index (κ3) is 14.3. The van der Waals surface area contributed by atoms with E-state index in [1.54, 1.807) is 0 Å². The Morgan fingerprint density at radius 2 is 1.08 bits per heavy atom. The second-order valence-electron chi connectivity index (χ2n) is 8.09. The van der Waals surface area contributed by atoms with Crippen molar-refractivity contribution in [3.05, 3.63) is 0 Å². The van der Waals surface area contributed by atoms with Gasteiger partial charge in [-0.2, -0.15) is 0 Å². The number of esters is 1. The summed E-state index contributed by atoms with van der Waals surface area (Å²) in [6, 6.07) is 0. The summed E-state index contributed by atoms with van der Waals surface area (Å²) in [5, 5.41) is 0. The zero-order valence-corrected chi connectivity index (χ0v) is 16.8. The van der Waals surface area contributed by atoms with Gasteiger partial charge in [0.1, 0.15) is 0 Å². The van der Waals surface area contributed by atoms with E-state index in [1.165, 1.54) is 89.9 Å². The smallest absolute Gasteiger partial charge is 0.307 e. The maximum Gasteiger partial charge on any atom is 0.307 e. The molecule has 0 spiro atoms. The summed E-state index contributed by atoms with van der Waals surface area (Å²) in [6.45, 7) is 2.28. The minimum Gasteiger partial charge on any atom is -0.444 e. The van der Waals surface area contributed by atoms with Crippen molar-refractivity contribution in [2.24, 2.45) is 5.73 Å². The molecular weight excluding hydrogens is 310 g/mol. The molecule has 0 unspecified atom stereocenters. The SMILES string of the molecule is CCCCCCCCCCCCCCCCCCC(=O)OC1(N)CC1. The molecule has 1 aliphatic rings. The van der Waals surface area contributed by atoms with Crippen LogP contribution in [-0.2, 0) is 9.53 Å². The van der Waals surface area contributed by atoms with E-state index in [0.717, 1.165) is 25.7 Å². The number of hydrogen-bond acceptors (Lipinski definition) is 3. The van der Waals surface area contributed by atoms with Crippen LogP contribution in [0.2, 0.25) is 0 Å². The summed E-state index contributed by atoms with van der Waals surface area (Å²) in [7, 11) is 0. The Morgan fingerprint density at radius 1 is 0.720 bits per heavy atom. The van der Waals surface area contributed by atoms with Crippen molar-refractivity contribution in [3.63, 3.8) is 0 Å². The summed E-state index contributed by atoms with van der Waals surface area (Å²) in [5.74, 6) is -0.106. The molecule has 1 rings (SSSR count). The highest BCUT2D eigenvalue weighted by atomic mass is 16.6. The van der Waals surface area contributed by atoms with Gasteiger partial charge in [-0.25, -0.2) is 0 Å². The Hall–Kier alpha value is -0.570. The fraction of sp³-hybridized carbons (Fsp3) is 0.955. The largest absolute Gasteiger partial charge is 0.444 e. The van der Waals surface area contributed by atoms with E-state index >= 15 is 0 Å². The molecule has 0 aromatic heterocycles. The molecule has 148 valence electrons. The van der Waals surface area contributed by atoms with Gasteiger partial charge in [-0.1, -0.05) is 103 Å². The lowest BCUT2D eigenvalue weighted by atomic mass is 10.0. The highest BCUT2D eigenvalue weighted by Gasteiger charge is 2.42. The van der Waals surface area contributed by atoms with Gasteiger partial charge in [0.05, 0.1) is 0 Å². The predicted octanol–water partition coefficient (Wildman–Crippen LogP) is 6.63. The first-order chi connectivity index (χ1) is 12.2. The van der Waals surface area contributed by atoms with Crippen LogP contribution in [0, 0.1) is 0 Å². The minimum atomic E-state index is -0.591. The molecular formula is C22H43NO2. The van der Waals surface area contributed by atoms with Crippen LogP contribution in [0.25, 0.3) is 0 Å². The van der Waals surface area contributed by atoms with E-state index < -0.39 is 5.72 Å². The fourth-order valence-electron chi connectivity index (χ4n) is 3.32. The standard InChI is InChI=1S/C22H43NO2/c1-2-3-4-5-6-7-8-9-10-11-12-13-14-15-16-17-18-21(24)25-22(23)19-20-22/h2-20,23H2,1H3. The number of rotatable bonds is 18. The summed E-state index contributed by atoms with van der Waals surface area (Å²) in [5.41, 5.74) is 5.17. The Balaban J connectivity index is 1.68. The summed E-state index contributed by atoms with van der Waals surface area (Å²) < 4.78 is 5.21. The van der Waals surface area contributed by atoms with Crippen molar-refractivity contribution in [2.45, 2.75) is 135 Å². The molecule has 0 aromatic rings. The van der Waals surface area contributed by atoms with Gasteiger partial charge >= 0.3 is 5.97 Å². The van der Waals surface area contributed by atoms with Crippen molar-refractivity contribution in [3.8, 4) is 0 Å². The van der Waals surface area contributed by atoms with Gasteiger partial charge in [-0.05, 0) is 6.42 Å². The highest BCUT2D eigenvalue weighted by molar-refractivity contribution is 5.70. The van der Waals surface area contributed by atoms with Crippen LogP contribution < -0.4 is 5.73 Å². The lowest BCUT2D eigenvalue weighted by molar-refractivity contribution is -0.150. The van der Waals surface area contributed by atoms with E-state index in [2.05, 4.69) is 6.92 Å². The van der Waals surface area contributed by atoms with Gasteiger partial charge in [0.25, 0.3) is 0 Å². The topological polar surface area (TPSA) is 52.3 Å². The molecule has 0 bridgehead atoms. The number of nitrogens with two attached hydrogens (primary N) is 1. The van der Waals surface area contributed by atoms with Crippen LogP contribution >= 0.6 is 0 Å². The summed E-state index contributed by atoms with van der Waals surface area (Å²) in [4.78, 5) is 11.5. The van der Waals surface area contributed by atoms with Crippen LogP contribution in [0.4, 0.5) is 0 Å². The Morgan fingerprint density at radius 3 is 1.44 bits per heavy atom. The van der Waals surface area contributed by atoms with Crippen molar-refractivity contribution in [2.75, 3.05) is 0 Å². The third-order valence-electron chi connectivity index (χ3n) is 5.29. The quantitative estimate of drug-likeness (QED) is 0.171. The lowest BCUT2D eigenvalue weighted by Crippen LogP contribution is -2.28. The third-order valence-corrected chi connectivity index (χ3v) is 5.29. The Labute approximate surface area is 156 Å². The predicted molar refractivity (Wildman–Crippen MR) is 106 cm³/mol. The van der Waals surface area contributed by atoms with Crippen molar-refractivity contribution in [1.82, 2.24) is 0 Å². The number of carbonyl (C=O) groups is 1. The van der Waals surface area contributed by atoms with Crippen LogP contribution in [0.5, 0.6) is 0 Å². The second-order valence-corrected chi connectivity index (χ2v) is 8.09. The lowest BCUT2D eigenvalue weighted by Gasteiger charge is -2.10. The van der Waals surface area contributed by atoms with Gasteiger partial charge < -0.3 is 4.74 Å². The molecule has 0 heterocycles. The number of carbonyl (C=O) groups excluding carboxylic acids is 1. The maximum atomic E-state index is 11.5. The second kappa shape index (κ2) is 14.6. The van der Waals surface area contributed by atoms with Gasteiger partial charge in [-0.15, -0.1) is 0 Å². The fourth-order valence-corrected chi connectivity index (χ4v) is 3.32. The van der Waals surface area contributed by atoms with Crippen LogP contribution in [0.15, 0.2) is 0 Å². The molecule has 0 radical (unpaired) electrons. The first-order valence-electron chi connectivity index (χ1n) is 11.2. The first kappa shape index (κ1) is 22.5. The normalized spacial score (nSPS) is 15.3. The molecule has 3 heteroatoms. The number of ether oxygens (including phenoxy) is 1. The highest BCUT2D eigenvalue weighted by Crippen LogP contribution is 2.33. The van der Waals surface area contributed by atoms with Gasteiger partial charge in [0.2, 0.25) is 0 Å². The zero-order chi connectivity index (χ0) is 18.2. The average Bonchev–Trinajstić information content (AvgIpc) is 3.31. The monoisotopic (exact) mass is 353 g/mol. The molecule has 0 aromatic carbocycles. The van der Waals surface area contributed by atoms with Crippen molar-refractivity contribution in [1.29, 1.82) is 0 Å². The van der Waals surface area contributed by atoms with E-state index in [9.17, 15) is 4.79 Å². The molecule has 2 N–H and O–H groups in total. The van der Waals surface area contributed by atoms with Crippen LogP contribution in [-0.4, -0.2) is 11.7 Å². The molecule has 0 atom stereocenters. The average molecular weight is 354 g/mol. The van der Waals surface area contributed by atoms with Crippen molar-refractivity contribution < 1.29 is 9.53 Å². The summed E-state index contributed by atoms with van der Waals surface area (Å²) in [6.07, 6.45) is 23.8. The van der Waals surface area contributed by atoms with Gasteiger partial charge in [0, 0.05) is 19.3 Å². The van der Waals surface area contributed by atoms with Crippen molar-refractivity contribution >= 4 is 5.97 Å². The molecule has 0 saturated heterocycles. The number of hydrogen-bond donors (Lipinski definition) is 1. The van der Waals surface area contributed by atoms with E-state index in [1.807, 2.05) is 0 Å².